The van der Waals surface area contributed by atoms with Gasteiger partial charge >= 0.3 is 0 Å². The van der Waals surface area contributed by atoms with Gasteiger partial charge in [-0.1, -0.05) is 18.2 Å². The highest BCUT2D eigenvalue weighted by Crippen LogP contribution is 2.42. The highest BCUT2D eigenvalue weighted by atomic mass is 32.1. The minimum Gasteiger partial charge on any atom is -0.352 e. The van der Waals surface area contributed by atoms with Crippen LogP contribution in [0, 0.1) is 20.8 Å². The van der Waals surface area contributed by atoms with E-state index in [4.69, 9.17) is 12.2 Å². The van der Waals surface area contributed by atoms with Crippen molar-refractivity contribution in [2.45, 2.75) is 39.4 Å². The summed E-state index contributed by atoms with van der Waals surface area (Å²) in [5.74, 6) is 0.920. The quantitative estimate of drug-likeness (QED) is 0.439. The van der Waals surface area contributed by atoms with E-state index < -0.39 is 0 Å². The zero-order chi connectivity index (χ0) is 22.9. The molecule has 0 spiro atoms. The van der Waals surface area contributed by atoms with Crippen molar-refractivity contribution in [1.82, 2.24) is 29.7 Å². The van der Waals surface area contributed by atoms with Crippen LogP contribution < -0.4 is 5.32 Å². The molecule has 0 unspecified atom stereocenters. The number of aryl methyl sites for hydroxylation is 2. The fourth-order valence-corrected chi connectivity index (χ4v) is 4.94. The lowest BCUT2D eigenvalue weighted by atomic mass is 9.96. The van der Waals surface area contributed by atoms with Crippen molar-refractivity contribution in [3.63, 3.8) is 0 Å². The summed E-state index contributed by atoms with van der Waals surface area (Å²) in [6.07, 6.45) is 7.43. The van der Waals surface area contributed by atoms with Crippen molar-refractivity contribution >= 4 is 17.3 Å². The Morgan fingerprint density at radius 2 is 1.85 bits per heavy atom. The molecule has 2 atom stereocenters. The maximum Gasteiger partial charge on any atom is 0.170 e. The zero-order valence-electron chi connectivity index (χ0n) is 18.9. The molecule has 1 fully saturated rings. The summed E-state index contributed by atoms with van der Waals surface area (Å²) in [7, 11) is 0. The molecule has 0 saturated carbocycles. The SMILES string of the molecule is Cc1ccc(-n2c(C)cc([C@@H]3[C@H](c4ccccn4)NC(=S)N3Cc3cccnc3)c2C)nc1. The molecule has 6 nitrogen and oxygen atoms in total. The maximum atomic E-state index is 5.83. The van der Waals surface area contributed by atoms with Crippen molar-refractivity contribution in [1.29, 1.82) is 0 Å². The predicted octanol–water partition coefficient (Wildman–Crippen LogP) is 4.76. The number of aromatic nitrogens is 4. The highest BCUT2D eigenvalue weighted by molar-refractivity contribution is 7.80. The number of rotatable bonds is 5. The molecule has 1 saturated heterocycles. The molecule has 0 amide bonds. The second-order valence-electron chi connectivity index (χ2n) is 8.47. The van der Waals surface area contributed by atoms with Crippen molar-refractivity contribution < 1.29 is 0 Å². The van der Waals surface area contributed by atoms with Crippen LogP contribution in [0.25, 0.3) is 5.82 Å². The molecule has 1 N–H and O–H groups in total. The van der Waals surface area contributed by atoms with Crippen molar-refractivity contribution in [3.05, 3.63) is 107 Å². The Kier molecular flexibility index (Phi) is 5.64. The summed E-state index contributed by atoms with van der Waals surface area (Å²) in [5, 5.41) is 4.26. The molecule has 1 aliphatic heterocycles. The molecule has 0 aliphatic carbocycles. The van der Waals surface area contributed by atoms with Gasteiger partial charge in [0.05, 0.1) is 17.8 Å². The number of nitrogens with zero attached hydrogens (tertiary/aromatic N) is 5. The first kappa shape index (κ1) is 21.3. The Morgan fingerprint density at radius 3 is 2.55 bits per heavy atom. The van der Waals surface area contributed by atoms with E-state index >= 15 is 0 Å². The molecule has 166 valence electrons. The first-order valence-corrected chi connectivity index (χ1v) is 11.4. The lowest BCUT2D eigenvalue weighted by Gasteiger charge is -2.28. The molecule has 4 aromatic heterocycles. The minimum absolute atomic E-state index is 0.0157. The topological polar surface area (TPSA) is 58.9 Å². The van der Waals surface area contributed by atoms with E-state index in [-0.39, 0.29) is 12.1 Å². The van der Waals surface area contributed by atoms with Gasteiger partial charge in [-0.3, -0.25) is 9.97 Å². The third-order valence-electron chi connectivity index (χ3n) is 6.19. The Bertz CT molecular complexity index is 1270. The molecular weight excluding hydrogens is 428 g/mol. The van der Waals surface area contributed by atoms with Gasteiger partial charge in [0.15, 0.2) is 5.11 Å². The number of thiocarbonyl (C=S) groups is 1. The normalized spacial score (nSPS) is 17.9. The third kappa shape index (κ3) is 4.00. The summed E-state index contributed by atoms with van der Waals surface area (Å²) >= 11 is 5.83. The van der Waals surface area contributed by atoms with E-state index in [0.717, 1.165) is 39.1 Å². The van der Waals surface area contributed by atoms with Crippen LogP contribution in [0.1, 0.15) is 45.9 Å². The van der Waals surface area contributed by atoms with Crippen molar-refractivity contribution in [2.24, 2.45) is 0 Å². The van der Waals surface area contributed by atoms with Crippen LogP contribution >= 0.6 is 12.2 Å². The van der Waals surface area contributed by atoms with Gasteiger partial charge in [0, 0.05) is 42.7 Å². The predicted molar refractivity (Wildman–Crippen MR) is 133 cm³/mol. The molecule has 1 aliphatic rings. The van der Waals surface area contributed by atoms with Crippen LogP contribution in [0.5, 0.6) is 0 Å². The number of hydrogen-bond acceptors (Lipinski definition) is 4. The van der Waals surface area contributed by atoms with E-state index in [0.29, 0.717) is 6.54 Å². The van der Waals surface area contributed by atoms with Gasteiger partial charge in [-0.25, -0.2) is 4.98 Å². The fraction of sp³-hybridized carbons (Fsp3) is 0.231. The van der Waals surface area contributed by atoms with Gasteiger partial charge in [-0.05, 0) is 80.0 Å². The average molecular weight is 455 g/mol. The molecule has 0 aromatic carbocycles. The van der Waals surface area contributed by atoms with Crippen molar-refractivity contribution in [3.8, 4) is 5.82 Å². The average Bonchev–Trinajstić information content (AvgIpc) is 3.31. The molecule has 5 rings (SSSR count). The second-order valence-corrected chi connectivity index (χ2v) is 8.86. The Labute approximate surface area is 199 Å². The minimum atomic E-state index is -0.0599. The van der Waals surface area contributed by atoms with E-state index in [1.54, 1.807) is 6.20 Å². The smallest absolute Gasteiger partial charge is 0.170 e. The lowest BCUT2D eigenvalue weighted by molar-refractivity contribution is 0.310. The summed E-state index contributed by atoms with van der Waals surface area (Å²) < 4.78 is 2.22. The summed E-state index contributed by atoms with van der Waals surface area (Å²) in [6, 6.07) is 16.4. The standard InChI is InChI=1S/C26H26N6S/c1-17-9-10-23(29-14-17)32-18(2)13-21(19(32)3)25-24(22-8-4-5-12-28-22)30-26(33)31(25)16-20-7-6-11-27-15-20/h4-15,24-25H,16H2,1-3H3,(H,30,33)/t24-,25+/m0/s1. The summed E-state index contributed by atoms with van der Waals surface area (Å²) in [4.78, 5) is 15.9. The zero-order valence-corrected chi connectivity index (χ0v) is 19.8. The van der Waals surface area contributed by atoms with Crippen molar-refractivity contribution in [2.75, 3.05) is 0 Å². The first-order valence-electron chi connectivity index (χ1n) is 11.0. The number of pyridine rings is 3. The first-order chi connectivity index (χ1) is 16.0. The molecule has 5 heterocycles. The Hall–Kier alpha value is -3.58. The molecule has 33 heavy (non-hydrogen) atoms. The van der Waals surface area contributed by atoms with Gasteiger partial charge < -0.3 is 14.8 Å². The van der Waals surface area contributed by atoms with Crippen LogP contribution in [-0.4, -0.2) is 29.5 Å². The van der Waals surface area contributed by atoms with Gasteiger partial charge in [0.25, 0.3) is 0 Å². The third-order valence-corrected chi connectivity index (χ3v) is 6.54. The van der Waals surface area contributed by atoms with E-state index in [1.165, 1.54) is 5.56 Å². The summed E-state index contributed by atoms with van der Waals surface area (Å²) in [6.45, 7) is 7.00. The number of hydrogen-bond donors (Lipinski definition) is 1. The molecule has 7 heteroatoms. The largest absolute Gasteiger partial charge is 0.352 e. The molecule has 0 radical (unpaired) electrons. The van der Waals surface area contributed by atoms with E-state index in [9.17, 15) is 0 Å². The second kappa shape index (κ2) is 8.75. The monoisotopic (exact) mass is 454 g/mol. The number of nitrogens with one attached hydrogen (secondary N) is 1. The van der Waals surface area contributed by atoms with Crippen LogP contribution in [0.3, 0.4) is 0 Å². The highest BCUT2D eigenvalue weighted by Gasteiger charge is 2.41. The van der Waals surface area contributed by atoms with Gasteiger partial charge in [-0.2, -0.15) is 0 Å². The molecule has 0 bridgehead atoms. The Balaban J connectivity index is 1.61. The van der Waals surface area contributed by atoms with Crippen LogP contribution in [-0.2, 0) is 6.54 Å². The molecular formula is C26H26N6S. The van der Waals surface area contributed by atoms with Gasteiger partial charge in [-0.15, -0.1) is 0 Å². The van der Waals surface area contributed by atoms with Crippen LogP contribution in [0.15, 0.2) is 73.3 Å². The van der Waals surface area contributed by atoms with Gasteiger partial charge in [0.2, 0.25) is 0 Å². The molecule has 4 aromatic rings. The van der Waals surface area contributed by atoms with E-state index in [2.05, 4.69) is 80.8 Å². The summed E-state index contributed by atoms with van der Waals surface area (Å²) in [5.41, 5.74) is 6.72. The van der Waals surface area contributed by atoms with Gasteiger partial charge in [0.1, 0.15) is 5.82 Å². The maximum absolute atomic E-state index is 5.83. The fourth-order valence-electron chi connectivity index (χ4n) is 4.63. The van der Waals surface area contributed by atoms with E-state index in [1.807, 2.05) is 36.8 Å². The Morgan fingerprint density at radius 1 is 0.970 bits per heavy atom. The van der Waals surface area contributed by atoms with Crippen LogP contribution in [0.4, 0.5) is 0 Å². The lowest BCUT2D eigenvalue weighted by Crippen LogP contribution is -2.29. The van der Waals surface area contributed by atoms with Crippen LogP contribution in [0.2, 0.25) is 0 Å².